The Balaban J connectivity index is 1.63. The van der Waals surface area contributed by atoms with Gasteiger partial charge < -0.3 is 30.2 Å². The van der Waals surface area contributed by atoms with Crippen molar-refractivity contribution < 1.29 is 23.8 Å². The predicted molar refractivity (Wildman–Crippen MR) is 137 cm³/mol. The fraction of sp³-hybridized carbons (Fsp3) is 0.125. The standard InChI is InChI=1S/C24H22ClN3O5S/c1-31-20-13-21(32-2)19(12-18(20)25)28-24(34)27-17-9-7-16(8-10-17)26-22(29)14-5-4-6-15(11-14)23(30)33-3/h4-13H,1-3H3,(H,26,29)(H2,27,28,34). The first-order valence-electron chi connectivity index (χ1n) is 9.94. The Hall–Kier alpha value is -3.82. The van der Waals surface area contributed by atoms with Gasteiger partial charge in [0.2, 0.25) is 0 Å². The number of benzene rings is 3. The Bertz CT molecular complexity index is 1220. The van der Waals surface area contributed by atoms with E-state index >= 15 is 0 Å². The van der Waals surface area contributed by atoms with Crippen molar-refractivity contribution in [1.82, 2.24) is 0 Å². The number of amides is 1. The van der Waals surface area contributed by atoms with E-state index in [1.165, 1.54) is 27.4 Å². The van der Waals surface area contributed by atoms with Gasteiger partial charge in [-0.25, -0.2) is 4.79 Å². The fourth-order valence-corrected chi connectivity index (χ4v) is 3.46. The quantitative estimate of drug-likeness (QED) is 0.301. The third-order valence-corrected chi connectivity index (χ3v) is 5.17. The van der Waals surface area contributed by atoms with Gasteiger partial charge in [0.05, 0.1) is 37.6 Å². The van der Waals surface area contributed by atoms with Crippen LogP contribution < -0.4 is 25.4 Å². The molecule has 0 fully saturated rings. The lowest BCUT2D eigenvalue weighted by Gasteiger charge is -2.15. The first kappa shape index (κ1) is 24.8. The van der Waals surface area contributed by atoms with Gasteiger partial charge in [-0.05, 0) is 60.7 Å². The van der Waals surface area contributed by atoms with Gasteiger partial charge in [-0.1, -0.05) is 17.7 Å². The SMILES string of the molecule is COC(=O)c1cccc(C(=O)Nc2ccc(NC(=S)Nc3cc(Cl)c(OC)cc3OC)cc2)c1. The number of hydrogen-bond acceptors (Lipinski definition) is 6. The molecule has 3 N–H and O–H groups in total. The minimum atomic E-state index is -0.510. The number of carbonyl (C=O) groups is 2. The van der Waals surface area contributed by atoms with E-state index in [1.54, 1.807) is 54.6 Å². The molecule has 0 aromatic heterocycles. The van der Waals surface area contributed by atoms with Gasteiger partial charge in [-0.2, -0.15) is 0 Å². The molecule has 0 aliphatic rings. The topological polar surface area (TPSA) is 97.9 Å². The number of anilines is 3. The van der Waals surface area contributed by atoms with Crippen LogP contribution in [-0.2, 0) is 4.74 Å². The minimum absolute atomic E-state index is 0.297. The molecule has 0 saturated carbocycles. The van der Waals surface area contributed by atoms with Crippen molar-refractivity contribution in [2.45, 2.75) is 0 Å². The summed E-state index contributed by atoms with van der Waals surface area (Å²) in [5.74, 6) is 0.133. The van der Waals surface area contributed by atoms with Gasteiger partial charge in [-0.3, -0.25) is 4.79 Å². The molecule has 10 heteroatoms. The molecular weight excluding hydrogens is 478 g/mol. The molecular formula is C24H22ClN3O5S. The summed E-state index contributed by atoms with van der Waals surface area (Å²) in [7, 11) is 4.34. The smallest absolute Gasteiger partial charge is 0.337 e. The van der Waals surface area contributed by atoms with Crippen LogP contribution in [0.5, 0.6) is 11.5 Å². The van der Waals surface area contributed by atoms with E-state index in [-0.39, 0.29) is 5.91 Å². The summed E-state index contributed by atoms with van der Waals surface area (Å²) in [6.07, 6.45) is 0. The molecule has 34 heavy (non-hydrogen) atoms. The lowest BCUT2D eigenvalue weighted by atomic mass is 10.1. The number of carbonyl (C=O) groups excluding carboxylic acids is 2. The summed E-state index contributed by atoms with van der Waals surface area (Å²) < 4.78 is 15.2. The van der Waals surface area contributed by atoms with Gasteiger partial charge >= 0.3 is 5.97 Å². The van der Waals surface area contributed by atoms with Gasteiger partial charge in [0.15, 0.2) is 5.11 Å². The Morgan fingerprint density at radius 3 is 2.03 bits per heavy atom. The van der Waals surface area contributed by atoms with Gasteiger partial charge in [0.25, 0.3) is 5.91 Å². The molecule has 3 rings (SSSR count). The van der Waals surface area contributed by atoms with Crippen molar-refractivity contribution in [3.63, 3.8) is 0 Å². The normalized spacial score (nSPS) is 10.1. The molecule has 3 aromatic rings. The van der Waals surface area contributed by atoms with Gasteiger partial charge in [-0.15, -0.1) is 0 Å². The molecule has 0 aliphatic heterocycles. The lowest BCUT2D eigenvalue weighted by Crippen LogP contribution is -2.19. The third-order valence-electron chi connectivity index (χ3n) is 4.67. The summed E-state index contributed by atoms with van der Waals surface area (Å²) in [6, 6.07) is 16.5. The van der Waals surface area contributed by atoms with E-state index in [1.807, 2.05) is 0 Å². The Labute approximate surface area is 207 Å². The number of thiocarbonyl (C=S) groups is 1. The number of ether oxygens (including phenoxy) is 3. The maximum absolute atomic E-state index is 12.5. The summed E-state index contributed by atoms with van der Waals surface area (Å²) >= 11 is 11.6. The second kappa shape index (κ2) is 11.4. The molecule has 0 heterocycles. The maximum Gasteiger partial charge on any atom is 0.337 e. The average molecular weight is 500 g/mol. The van der Waals surface area contributed by atoms with Crippen LogP contribution in [0.15, 0.2) is 60.7 Å². The van der Waals surface area contributed by atoms with Crippen molar-refractivity contribution in [3.8, 4) is 11.5 Å². The number of methoxy groups -OCH3 is 3. The van der Waals surface area contributed by atoms with E-state index in [9.17, 15) is 9.59 Å². The van der Waals surface area contributed by atoms with Crippen LogP contribution in [-0.4, -0.2) is 38.3 Å². The highest BCUT2D eigenvalue weighted by Gasteiger charge is 2.13. The third kappa shape index (κ3) is 6.15. The zero-order chi connectivity index (χ0) is 24.7. The largest absolute Gasteiger partial charge is 0.495 e. The van der Waals surface area contributed by atoms with E-state index in [4.69, 9.17) is 33.3 Å². The number of hydrogen-bond donors (Lipinski definition) is 3. The number of nitrogens with one attached hydrogen (secondary N) is 3. The van der Waals surface area contributed by atoms with E-state index in [0.717, 1.165) is 0 Å². The van der Waals surface area contributed by atoms with Gasteiger partial charge in [0.1, 0.15) is 11.5 Å². The van der Waals surface area contributed by atoms with Crippen molar-refractivity contribution in [1.29, 1.82) is 0 Å². The molecule has 0 spiro atoms. The van der Waals surface area contributed by atoms with Crippen molar-refractivity contribution in [2.75, 3.05) is 37.3 Å². The fourth-order valence-electron chi connectivity index (χ4n) is 2.99. The van der Waals surface area contributed by atoms with E-state index in [0.29, 0.717) is 49.8 Å². The van der Waals surface area contributed by atoms with Crippen molar-refractivity contribution >= 4 is 57.9 Å². The second-order valence-corrected chi connectivity index (χ2v) is 7.69. The van der Waals surface area contributed by atoms with Crippen LogP contribution in [0.4, 0.5) is 17.1 Å². The Morgan fingerprint density at radius 1 is 0.794 bits per heavy atom. The summed E-state index contributed by atoms with van der Waals surface area (Å²) in [4.78, 5) is 24.2. The van der Waals surface area contributed by atoms with Crippen LogP contribution in [0, 0.1) is 0 Å². The zero-order valence-electron chi connectivity index (χ0n) is 18.6. The molecule has 3 aromatic carbocycles. The first-order valence-corrected chi connectivity index (χ1v) is 10.7. The molecule has 0 aliphatic carbocycles. The molecule has 0 saturated heterocycles. The number of rotatable bonds is 7. The molecule has 176 valence electrons. The molecule has 8 nitrogen and oxygen atoms in total. The van der Waals surface area contributed by atoms with Crippen LogP contribution >= 0.6 is 23.8 Å². The first-order chi connectivity index (χ1) is 16.3. The van der Waals surface area contributed by atoms with E-state index < -0.39 is 5.97 Å². The van der Waals surface area contributed by atoms with Crippen LogP contribution in [0.3, 0.4) is 0 Å². The Morgan fingerprint density at radius 2 is 1.41 bits per heavy atom. The lowest BCUT2D eigenvalue weighted by molar-refractivity contribution is 0.0600. The molecule has 0 unspecified atom stereocenters. The van der Waals surface area contributed by atoms with Crippen molar-refractivity contribution in [2.24, 2.45) is 0 Å². The monoisotopic (exact) mass is 499 g/mol. The molecule has 0 radical (unpaired) electrons. The minimum Gasteiger partial charge on any atom is -0.495 e. The average Bonchev–Trinajstić information content (AvgIpc) is 2.85. The molecule has 0 atom stereocenters. The highest BCUT2D eigenvalue weighted by atomic mass is 35.5. The zero-order valence-corrected chi connectivity index (χ0v) is 20.2. The summed E-state index contributed by atoms with van der Waals surface area (Å²) in [6.45, 7) is 0. The van der Waals surface area contributed by atoms with Gasteiger partial charge in [0, 0.05) is 23.0 Å². The molecule has 0 bridgehead atoms. The highest BCUT2D eigenvalue weighted by Crippen LogP contribution is 2.36. The maximum atomic E-state index is 12.5. The second-order valence-electron chi connectivity index (χ2n) is 6.87. The molecule has 1 amide bonds. The van der Waals surface area contributed by atoms with Crippen molar-refractivity contribution in [3.05, 3.63) is 76.8 Å². The predicted octanol–water partition coefficient (Wildman–Crippen LogP) is 5.21. The summed E-state index contributed by atoms with van der Waals surface area (Å²) in [5, 5.41) is 9.60. The number of halogens is 1. The van der Waals surface area contributed by atoms with Crippen LogP contribution in [0.25, 0.3) is 0 Å². The Kier molecular flexibility index (Phi) is 8.29. The van der Waals surface area contributed by atoms with Crippen LogP contribution in [0.2, 0.25) is 5.02 Å². The summed E-state index contributed by atoms with van der Waals surface area (Å²) in [5.41, 5.74) is 2.47. The number of esters is 1. The van der Waals surface area contributed by atoms with Crippen LogP contribution in [0.1, 0.15) is 20.7 Å². The highest BCUT2D eigenvalue weighted by molar-refractivity contribution is 7.80. The van der Waals surface area contributed by atoms with E-state index in [2.05, 4.69) is 20.7 Å².